The maximum absolute atomic E-state index is 6.16. The Hall–Kier alpha value is -2.40. The molecule has 20 heavy (non-hydrogen) atoms. The molecule has 2 heterocycles. The minimum absolute atomic E-state index is 0.360. The average Bonchev–Trinajstić information content (AvgIpc) is 2.75. The number of rotatable bonds is 2. The van der Waals surface area contributed by atoms with Crippen LogP contribution in [0.25, 0.3) is 10.9 Å². The maximum Gasteiger partial charge on any atom is 0.221 e. The molecule has 0 bridgehead atoms. The molecule has 3 rings (SSSR count). The summed E-state index contributed by atoms with van der Waals surface area (Å²) in [6.45, 7) is 1.86. The van der Waals surface area contributed by atoms with Crippen LogP contribution < -0.4 is 5.73 Å². The van der Waals surface area contributed by atoms with Crippen LogP contribution in [-0.4, -0.2) is 20.9 Å². The Morgan fingerprint density at radius 1 is 1.35 bits per heavy atom. The Balaban J connectivity index is 1.99. The van der Waals surface area contributed by atoms with Crippen LogP contribution in [0.4, 0.5) is 5.95 Å². The Morgan fingerprint density at radius 2 is 2.20 bits per heavy atom. The number of aryl methyl sites for hydroxylation is 1. The fourth-order valence-corrected chi connectivity index (χ4v) is 2.14. The Bertz CT molecular complexity index is 806. The van der Waals surface area contributed by atoms with Gasteiger partial charge in [-0.05, 0) is 30.7 Å². The van der Waals surface area contributed by atoms with Crippen molar-refractivity contribution in [2.24, 2.45) is 5.10 Å². The second-order valence-electron chi connectivity index (χ2n) is 4.40. The number of aromatic nitrogens is 3. The van der Waals surface area contributed by atoms with Crippen molar-refractivity contribution in [3.63, 3.8) is 0 Å². The maximum atomic E-state index is 6.16. The fourth-order valence-electron chi connectivity index (χ4n) is 1.94. The molecule has 5 nitrogen and oxygen atoms in total. The second-order valence-corrected chi connectivity index (χ2v) is 4.81. The molecule has 0 spiro atoms. The number of benzene rings is 1. The number of hydrogen-bond donors (Lipinski definition) is 1. The highest BCUT2D eigenvalue weighted by Gasteiger charge is 2.01. The molecule has 0 saturated carbocycles. The SMILES string of the molecule is Cc1cn(N=Cc2ccc3nccc(Cl)c3c2)c(N)n1. The van der Waals surface area contributed by atoms with E-state index in [1.165, 1.54) is 4.68 Å². The van der Waals surface area contributed by atoms with Gasteiger partial charge in [-0.2, -0.15) is 5.10 Å². The van der Waals surface area contributed by atoms with Gasteiger partial charge in [0, 0.05) is 11.6 Å². The van der Waals surface area contributed by atoms with Gasteiger partial charge in [0.15, 0.2) is 0 Å². The normalized spacial score (nSPS) is 11.5. The first-order chi connectivity index (χ1) is 9.63. The van der Waals surface area contributed by atoms with Gasteiger partial charge in [0.25, 0.3) is 0 Å². The third-order valence-corrected chi connectivity index (χ3v) is 3.21. The molecule has 2 aromatic heterocycles. The Kier molecular flexibility index (Phi) is 3.12. The number of imidazole rings is 1. The molecule has 1 aromatic carbocycles. The van der Waals surface area contributed by atoms with Crippen LogP contribution in [0.1, 0.15) is 11.3 Å². The van der Waals surface area contributed by atoms with Crippen LogP contribution in [0.3, 0.4) is 0 Å². The van der Waals surface area contributed by atoms with Gasteiger partial charge in [-0.1, -0.05) is 17.7 Å². The summed E-state index contributed by atoms with van der Waals surface area (Å²) in [6, 6.07) is 7.54. The molecule has 0 saturated heterocycles. The molecular weight excluding hydrogens is 274 g/mol. The van der Waals surface area contributed by atoms with E-state index in [9.17, 15) is 0 Å². The number of fused-ring (bicyclic) bond motifs is 1. The van der Waals surface area contributed by atoms with E-state index in [-0.39, 0.29) is 0 Å². The number of halogens is 1. The summed E-state index contributed by atoms with van der Waals surface area (Å²) in [7, 11) is 0. The molecule has 2 N–H and O–H groups in total. The van der Waals surface area contributed by atoms with Crippen molar-refractivity contribution < 1.29 is 0 Å². The number of nitrogens with zero attached hydrogens (tertiary/aromatic N) is 4. The summed E-state index contributed by atoms with van der Waals surface area (Å²) in [5.74, 6) is 0.360. The van der Waals surface area contributed by atoms with Crippen LogP contribution >= 0.6 is 11.6 Å². The van der Waals surface area contributed by atoms with Crippen molar-refractivity contribution >= 4 is 34.7 Å². The predicted octanol–water partition coefficient (Wildman–Crippen LogP) is 2.86. The highest BCUT2D eigenvalue weighted by atomic mass is 35.5. The summed E-state index contributed by atoms with van der Waals surface area (Å²) in [6.07, 6.45) is 5.16. The monoisotopic (exact) mass is 285 g/mol. The van der Waals surface area contributed by atoms with Crippen molar-refractivity contribution in [2.45, 2.75) is 6.92 Å². The van der Waals surface area contributed by atoms with E-state index in [0.717, 1.165) is 22.2 Å². The quantitative estimate of drug-likeness (QED) is 0.736. The zero-order valence-corrected chi connectivity index (χ0v) is 11.5. The van der Waals surface area contributed by atoms with E-state index in [2.05, 4.69) is 15.1 Å². The Morgan fingerprint density at radius 3 is 2.95 bits per heavy atom. The van der Waals surface area contributed by atoms with Crippen molar-refractivity contribution in [1.29, 1.82) is 0 Å². The van der Waals surface area contributed by atoms with E-state index < -0.39 is 0 Å². The van der Waals surface area contributed by atoms with Crippen LogP contribution in [-0.2, 0) is 0 Å². The molecule has 0 fully saturated rings. The first-order valence-electron chi connectivity index (χ1n) is 6.03. The molecule has 0 atom stereocenters. The van der Waals surface area contributed by atoms with Crippen LogP contribution in [0.5, 0.6) is 0 Å². The minimum Gasteiger partial charge on any atom is -0.368 e. The highest BCUT2D eigenvalue weighted by molar-refractivity contribution is 6.35. The lowest BCUT2D eigenvalue weighted by Gasteiger charge is -2.01. The van der Waals surface area contributed by atoms with Gasteiger partial charge in [0.1, 0.15) is 0 Å². The molecular formula is C14H12ClN5. The van der Waals surface area contributed by atoms with E-state index in [1.54, 1.807) is 24.7 Å². The Labute approximate surface area is 120 Å². The molecule has 0 unspecified atom stereocenters. The van der Waals surface area contributed by atoms with E-state index in [0.29, 0.717) is 11.0 Å². The number of pyridine rings is 1. The van der Waals surface area contributed by atoms with Crippen LogP contribution in [0.2, 0.25) is 5.02 Å². The largest absolute Gasteiger partial charge is 0.368 e. The summed E-state index contributed by atoms with van der Waals surface area (Å²) in [5, 5.41) is 5.84. The molecule has 0 radical (unpaired) electrons. The van der Waals surface area contributed by atoms with Crippen LogP contribution in [0, 0.1) is 6.92 Å². The lowest BCUT2D eigenvalue weighted by atomic mass is 10.1. The standard InChI is InChI=1S/C14H12ClN5/c1-9-8-20(14(16)19-9)18-7-10-2-3-13-11(6-10)12(15)4-5-17-13/h2-8H,1H3,(H2,16,19). The van der Waals surface area contributed by atoms with Gasteiger partial charge in [-0.3, -0.25) is 4.98 Å². The van der Waals surface area contributed by atoms with Crippen molar-refractivity contribution in [2.75, 3.05) is 5.73 Å². The molecule has 0 amide bonds. The first-order valence-corrected chi connectivity index (χ1v) is 6.41. The van der Waals surface area contributed by atoms with Gasteiger partial charge in [0.2, 0.25) is 5.95 Å². The topological polar surface area (TPSA) is 69.1 Å². The molecule has 100 valence electrons. The zero-order valence-electron chi connectivity index (χ0n) is 10.8. The van der Waals surface area contributed by atoms with Gasteiger partial charge in [-0.15, -0.1) is 0 Å². The predicted molar refractivity (Wildman–Crippen MR) is 81.1 cm³/mol. The molecule has 6 heteroatoms. The smallest absolute Gasteiger partial charge is 0.221 e. The summed E-state index contributed by atoms with van der Waals surface area (Å²) in [5.41, 5.74) is 8.32. The lowest BCUT2D eigenvalue weighted by molar-refractivity contribution is 0.897. The van der Waals surface area contributed by atoms with Gasteiger partial charge in [-0.25, -0.2) is 9.66 Å². The molecule has 0 aliphatic carbocycles. The first kappa shape index (κ1) is 12.6. The summed E-state index contributed by atoms with van der Waals surface area (Å²) < 4.78 is 1.53. The number of anilines is 1. The van der Waals surface area contributed by atoms with Crippen LogP contribution in [0.15, 0.2) is 41.8 Å². The van der Waals surface area contributed by atoms with Crippen molar-refractivity contribution in [1.82, 2.24) is 14.6 Å². The summed E-state index contributed by atoms with van der Waals surface area (Å²) in [4.78, 5) is 8.34. The van der Waals surface area contributed by atoms with Crippen molar-refractivity contribution in [3.8, 4) is 0 Å². The number of hydrogen-bond acceptors (Lipinski definition) is 4. The second kappa shape index (κ2) is 4.94. The minimum atomic E-state index is 0.360. The van der Waals surface area contributed by atoms with Gasteiger partial charge >= 0.3 is 0 Å². The average molecular weight is 286 g/mol. The number of nitrogens with two attached hydrogens (primary N) is 1. The van der Waals surface area contributed by atoms with E-state index in [4.69, 9.17) is 17.3 Å². The third-order valence-electron chi connectivity index (χ3n) is 2.88. The van der Waals surface area contributed by atoms with E-state index >= 15 is 0 Å². The zero-order chi connectivity index (χ0) is 14.1. The molecule has 0 aliphatic rings. The third kappa shape index (κ3) is 2.35. The van der Waals surface area contributed by atoms with Gasteiger partial charge in [0.05, 0.1) is 28.6 Å². The fraction of sp³-hybridized carbons (Fsp3) is 0.0714. The highest BCUT2D eigenvalue weighted by Crippen LogP contribution is 2.21. The molecule has 0 aliphatic heterocycles. The number of nitrogen functional groups attached to an aromatic ring is 1. The lowest BCUT2D eigenvalue weighted by Crippen LogP contribution is -1.97. The van der Waals surface area contributed by atoms with Gasteiger partial charge < -0.3 is 5.73 Å². The van der Waals surface area contributed by atoms with E-state index in [1.807, 2.05) is 25.1 Å². The van der Waals surface area contributed by atoms with Crippen molar-refractivity contribution in [3.05, 3.63) is 52.9 Å². The summed E-state index contributed by atoms with van der Waals surface area (Å²) >= 11 is 6.16. The molecule has 3 aromatic rings.